The molecule has 1 amide bonds. The number of nitrogens with zero attached hydrogens (tertiary/aromatic N) is 2. The highest BCUT2D eigenvalue weighted by molar-refractivity contribution is 7.18. The number of carboxylic acid groups (broad SMARTS) is 2. The molecule has 4 N–H and O–H groups in total. The predicted molar refractivity (Wildman–Crippen MR) is 117 cm³/mol. The molecule has 0 aliphatic carbocycles. The smallest absolute Gasteiger partial charge is 0.326 e. The Hall–Kier alpha value is -3.53. The van der Waals surface area contributed by atoms with Crippen LogP contribution in [0.5, 0.6) is 0 Å². The van der Waals surface area contributed by atoms with Crippen molar-refractivity contribution in [3.8, 4) is 0 Å². The van der Waals surface area contributed by atoms with Crippen molar-refractivity contribution in [3.05, 3.63) is 51.7 Å². The van der Waals surface area contributed by atoms with Crippen molar-refractivity contribution in [2.45, 2.75) is 39.8 Å². The monoisotopic (exact) mass is 442 g/mol. The number of aliphatic carboxylic acids is 2. The van der Waals surface area contributed by atoms with Crippen molar-refractivity contribution < 1.29 is 24.6 Å². The van der Waals surface area contributed by atoms with Crippen molar-refractivity contribution >= 4 is 45.2 Å². The van der Waals surface area contributed by atoms with E-state index < -0.39 is 30.3 Å². The van der Waals surface area contributed by atoms with Gasteiger partial charge in [-0.05, 0) is 44.0 Å². The molecule has 31 heavy (non-hydrogen) atoms. The zero-order valence-corrected chi connectivity index (χ0v) is 18.0. The first kappa shape index (κ1) is 22.2. The first-order valence-corrected chi connectivity index (χ1v) is 10.3. The second-order valence-electron chi connectivity index (χ2n) is 7.10. The quantitative estimate of drug-likeness (QED) is 0.417. The molecule has 9 nitrogen and oxygen atoms in total. The minimum atomic E-state index is -1.49. The molecule has 3 rings (SSSR count). The molecule has 0 aliphatic heterocycles. The fourth-order valence-electron chi connectivity index (χ4n) is 3.06. The number of rotatable bonds is 8. The van der Waals surface area contributed by atoms with Crippen LogP contribution in [0.15, 0.2) is 24.3 Å². The summed E-state index contributed by atoms with van der Waals surface area (Å²) in [5, 5.41) is 24.4. The van der Waals surface area contributed by atoms with Gasteiger partial charge in [-0.25, -0.2) is 14.8 Å². The van der Waals surface area contributed by atoms with Crippen molar-refractivity contribution in [1.29, 1.82) is 0 Å². The largest absolute Gasteiger partial charge is 0.481 e. The number of aromatic nitrogens is 2. The zero-order valence-electron chi connectivity index (χ0n) is 17.2. The molecule has 0 radical (unpaired) electrons. The standard InChI is InChI=1S/C21H22N4O5S/c1-10-11(2)31-20-17(10)18(23-12(3)24-20)22-9-13-4-6-14(7-5-13)19(28)25-15(21(29)30)8-16(26)27/h4-7,15H,8-9H2,1-3H3,(H,25,28)(H,26,27)(H,29,30)(H,22,23,24). The Bertz CT molecular complexity index is 1160. The molecule has 2 heterocycles. The number of hydrogen-bond donors (Lipinski definition) is 4. The van der Waals surface area contributed by atoms with Crippen LogP contribution in [0.2, 0.25) is 0 Å². The second-order valence-corrected chi connectivity index (χ2v) is 8.30. The minimum Gasteiger partial charge on any atom is -0.481 e. The van der Waals surface area contributed by atoms with E-state index >= 15 is 0 Å². The number of fused-ring (bicyclic) bond motifs is 1. The summed E-state index contributed by atoms with van der Waals surface area (Å²) in [7, 11) is 0. The molecule has 2 aromatic heterocycles. The fraction of sp³-hybridized carbons (Fsp3) is 0.286. The van der Waals surface area contributed by atoms with Crippen LogP contribution in [0.25, 0.3) is 10.2 Å². The fourth-order valence-corrected chi connectivity index (χ4v) is 4.14. The molecule has 0 aliphatic rings. The van der Waals surface area contributed by atoms with Crippen LogP contribution < -0.4 is 10.6 Å². The Balaban J connectivity index is 1.70. The summed E-state index contributed by atoms with van der Waals surface area (Å²) in [6, 6.07) is 5.12. The maximum absolute atomic E-state index is 12.3. The molecule has 0 saturated carbocycles. The summed E-state index contributed by atoms with van der Waals surface area (Å²) in [5.74, 6) is -1.92. The number of amides is 1. The van der Waals surface area contributed by atoms with Gasteiger partial charge in [0.25, 0.3) is 5.91 Å². The summed E-state index contributed by atoms with van der Waals surface area (Å²) < 4.78 is 0. The van der Waals surface area contributed by atoms with Crippen LogP contribution in [0, 0.1) is 20.8 Å². The van der Waals surface area contributed by atoms with E-state index in [1.807, 2.05) is 13.8 Å². The van der Waals surface area contributed by atoms with Crippen LogP contribution >= 0.6 is 11.3 Å². The van der Waals surface area contributed by atoms with Gasteiger partial charge in [0.15, 0.2) is 0 Å². The molecule has 0 fully saturated rings. The molecule has 1 unspecified atom stereocenters. The third kappa shape index (κ3) is 5.15. The molecule has 162 valence electrons. The molecule has 0 bridgehead atoms. The SMILES string of the molecule is Cc1nc(NCc2ccc(C(=O)NC(CC(=O)O)C(=O)O)cc2)c2c(C)c(C)sc2n1. The highest BCUT2D eigenvalue weighted by atomic mass is 32.1. The average molecular weight is 442 g/mol. The first-order chi connectivity index (χ1) is 14.7. The zero-order chi connectivity index (χ0) is 22.7. The van der Waals surface area contributed by atoms with Gasteiger partial charge in [-0.3, -0.25) is 9.59 Å². The van der Waals surface area contributed by atoms with Crippen molar-refractivity contribution in [3.63, 3.8) is 0 Å². The van der Waals surface area contributed by atoms with Crippen LogP contribution in [-0.4, -0.2) is 44.1 Å². The van der Waals surface area contributed by atoms with Gasteiger partial charge in [0.05, 0.1) is 11.8 Å². The lowest BCUT2D eigenvalue weighted by molar-refractivity contribution is -0.145. The molecule has 10 heteroatoms. The number of carbonyl (C=O) groups excluding carboxylic acids is 1. The highest BCUT2D eigenvalue weighted by Crippen LogP contribution is 2.33. The third-order valence-electron chi connectivity index (χ3n) is 4.80. The normalized spacial score (nSPS) is 11.8. The second kappa shape index (κ2) is 9.09. The van der Waals surface area contributed by atoms with E-state index in [4.69, 9.17) is 10.2 Å². The van der Waals surface area contributed by atoms with E-state index in [-0.39, 0.29) is 5.56 Å². The van der Waals surface area contributed by atoms with Crippen LogP contribution in [0.3, 0.4) is 0 Å². The van der Waals surface area contributed by atoms with E-state index in [2.05, 4.69) is 27.5 Å². The number of hydrogen-bond acceptors (Lipinski definition) is 7. The number of aryl methyl sites for hydroxylation is 3. The topological polar surface area (TPSA) is 142 Å². The average Bonchev–Trinajstić information content (AvgIpc) is 2.99. The summed E-state index contributed by atoms with van der Waals surface area (Å²) in [5.41, 5.74) is 2.28. The third-order valence-corrected chi connectivity index (χ3v) is 5.90. The van der Waals surface area contributed by atoms with Crippen LogP contribution in [0.1, 0.15) is 38.6 Å². The van der Waals surface area contributed by atoms with Gasteiger partial charge in [-0.15, -0.1) is 11.3 Å². The van der Waals surface area contributed by atoms with Gasteiger partial charge in [0.1, 0.15) is 22.5 Å². The molecule has 0 saturated heterocycles. The van der Waals surface area contributed by atoms with E-state index in [0.29, 0.717) is 12.4 Å². The van der Waals surface area contributed by atoms with E-state index in [9.17, 15) is 14.4 Å². The van der Waals surface area contributed by atoms with Gasteiger partial charge in [-0.1, -0.05) is 12.1 Å². The molecule has 1 atom stereocenters. The molecular weight excluding hydrogens is 420 g/mol. The lowest BCUT2D eigenvalue weighted by Crippen LogP contribution is -2.42. The number of benzene rings is 1. The first-order valence-electron chi connectivity index (χ1n) is 9.48. The Morgan fingerprint density at radius 2 is 1.74 bits per heavy atom. The molecule has 3 aromatic rings. The van der Waals surface area contributed by atoms with Crippen molar-refractivity contribution in [2.24, 2.45) is 0 Å². The van der Waals surface area contributed by atoms with Gasteiger partial charge in [0, 0.05) is 17.0 Å². The lowest BCUT2D eigenvalue weighted by Gasteiger charge is -2.13. The van der Waals surface area contributed by atoms with Crippen LogP contribution in [-0.2, 0) is 16.1 Å². The number of anilines is 1. The van der Waals surface area contributed by atoms with E-state index in [1.54, 1.807) is 35.6 Å². The number of nitrogens with one attached hydrogen (secondary N) is 2. The Morgan fingerprint density at radius 3 is 2.35 bits per heavy atom. The highest BCUT2D eigenvalue weighted by Gasteiger charge is 2.23. The van der Waals surface area contributed by atoms with Gasteiger partial charge in [0.2, 0.25) is 0 Å². The molecule has 0 spiro atoms. The summed E-state index contributed by atoms with van der Waals surface area (Å²) in [4.78, 5) is 45.3. The Morgan fingerprint density at radius 1 is 1.06 bits per heavy atom. The summed E-state index contributed by atoms with van der Waals surface area (Å²) >= 11 is 1.63. The van der Waals surface area contributed by atoms with E-state index in [1.165, 1.54) is 4.88 Å². The maximum atomic E-state index is 12.3. The van der Waals surface area contributed by atoms with Crippen molar-refractivity contribution in [2.75, 3.05) is 5.32 Å². The summed E-state index contributed by atoms with van der Waals surface area (Å²) in [6.07, 6.45) is -0.697. The molecular formula is C21H22N4O5S. The van der Waals surface area contributed by atoms with Crippen molar-refractivity contribution in [1.82, 2.24) is 15.3 Å². The Labute approximate surface area is 182 Å². The lowest BCUT2D eigenvalue weighted by atomic mass is 10.1. The number of carbonyl (C=O) groups is 3. The number of carboxylic acids is 2. The van der Waals surface area contributed by atoms with E-state index in [0.717, 1.165) is 27.2 Å². The summed E-state index contributed by atoms with van der Waals surface area (Å²) in [6.45, 7) is 6.41. The van der Waals surface area contributed by atoms with Gasteiger partial charge < -0.3 is 20.8 Å². The minimum absolute atomic E-state index is 0.241. The Kier molecular flexibility index (Phi) is 6.50. The molecule has 1 aromatic carbocycles. The number of thiophene rings is 1. The maximum Gasteiger partial charge on any atom is 0.326 e. The van der Waals surface area contributed by atoms with Gasteiger partial charge in [-0.2, -0.15) is 0 Å². The predicted octanol–water partition coefficient (Wildman–Crippen LogP) is 2.89. The van der Waals surface area contributed by atoms with Crippen LogP contribution in [0.4, 0.5) is 5.82 Å². The van der Waals surface area contributed by atoms with Gasteiger partial charge >= 0.3 is 11.9 Å².